The van der Waals surface area contributed by atoms with Crippen molar-refractivity contribution in [2.75, 3.05) is 13.1 Å². The smallest absolute Gasteiger partial charge is 0.251 e. The fourth-order valence-electron chi connectivity index (χ4n) is 2.09. The van der Waals surface area contributed by atoms with E-state index in [0.29, 0.717) is 10.6 Å². The molecule has 92 valence electrons. The van der Waals surface area contributed by atoms with E-state index in [-0.39, 0.29) is 11.9 Å². The monoisotopic (exact) mass is 252 g/mol. The summed E-state index contributed by atoms with van der Waals surface area (Å²) >= 11 is 6.01. The highest BCUT2D eigenvalue weighted by atomic mass is 35.5. The predicted molar refractivity (Wildman–Crippen MR) is 69.5 cm³/mol. The topological polar surface area (TPSA) is 41.1 Å². The predicted octanol–water partition coefficient (Wildman–Crippen LogP) is 2.13. The van der Waals surface area contributed by atoms with Crippen molar-refractivity contribution in [3.63, 3.8) is 0 Å². The third-order valence-electron chi connectivity index (χ3n) is 3.14. The minimum Gasteiger partial charge on any atom is -0.348 e. The summed E-state index contributed by atoms with van der Waals surface area (Å²) in [5.41, 5.74) is 1.51. The van der Waals surface area contributed by atoms with Crippen molar-refractivity contribution in [3.8, 4) is 0 Å². The van der Waals surface area contributed by atoms with Gasteiger partial charge in [0.15, 0.2) is 0 Å². The number of rotatable bonds is 2. The quantitative estimate of drug-likeness (QED) is 0.847. The average Bonchev–Trinajstić information content (AvgIpc) is 2.34. The molecule has 0 aliphatic carbocycles. The molecule has 2 rings (SSSR count). The molecule has 2 N–H and O–H groups in total. The van der Waals surface area contributed by atoms with Crippen LogP contribution in [0.5, 0.6) is 0 Å². The van der Waals surface area contributed by atoms with Gasteiger partial charge >= 0.3 is 0 Å². The second kappa shape index (κ2) is 5.52. The number of hydrogen-bond acceptors (Lipinski definition) is 2. The number of hydrogen-bond donors (Lipinski definition) is 2. The highest BCUT2D eigenvalue weighted by molar-refractivity contribution is 6.31. The molecule has 1 aliphatic rings. The summed E-state index contributed by atoms with van der Waals surface area (Å²) in [6, 6.07) is 5.65. The van der Waals surface area contributed by atoms with Crippen LogP contribution in [0.15, 0.2) is 18.2 Å². The van der Waals surface area contributed by atoms with Gasteiger partial charge in [-0.1, -0.05) is 17.7 Å². The summed E-state index contributed by atoms with van der Waals surface area (Å²) in [6.07, 6.45) is 2.15. The first-order valence-electron chi connectivity index (χ1n) is 5.95. The molecule has 1 aliphatic heterocycles. The molecule has 1 saturated heterocycles. The van der Waals surface area contributed by atoms with Gasteiger partial charge < -0.3 is 10.6 Å². The van der Waals surface area contributed by atoms with Gasteiger partial charge in [-0.3, -0.25) is 4.79 Å². The molecule has 3 nitrogen and oxygen atoms in total. The molecule has 1 aromatic carbocycles. The molecule has 1 aromatic rings. The number of halogens is 1. The van der Waals surface area contributed by atoms with E-state index in [9.17, 15) is 4.79 Å². The summed E-state index contributed by atoms with van der Waals surface area (Å²) in [7, 11) is 0. The minimum absolute atomic E-state index is 0.0290. The van der Waals surface area contributed by atoms with Gasteiger partial charge in [0.05, 0.1) is 0 Å². The molecule has 0 bridgehead atoms. The zero-order valence-corrected chi connectivity index (χ0v) is 10.7. The van der Waals surface area contributed by atoms with E-state index < -0.39 is 0 Å². The number of benzene rings is 1. The van der Waals surface area contributed by atoms with Gasteiger partial charge in [0.25, 0.3) is 5.91 Å². The number of amides is 1. The average molecular weight is 253 g/mol. The normalized spacial score (nSPS) is 20.0. The first kappa shape index (κ1) is 12.4. The molecule has 1 heterocycles. The molecular weight excluding hydrogens is 236 g/mol. The molecule has 4 heteroatoms. The standard InChI is InChI=1S/C13H17ClN2O/c1-9-11(5-2-6-12(9)14)13(17)16-10-4-3-7-15-8-10/h2,5-6,10,15H,3-4,7-8H2,1H3,(H,16,17)/t10-/m1/s1. The molecule has 0 spiro atoms. The maximum atomic E-state index is 12.1. The van der Waals surface area contributed by atoms with E-state index in [1.165, 1.54) is 0 Å². The number of piperidine rings is 1. The van der Waals surface area contributed by atoms with Gasteiger partial charge in [0.2, 0.25) is 0 Å². The van der Waals surface area contributed by atoms with E-state index in [1.807, 2.05) is 19.1 Å². The van der Waals surface area contributed by atoms with Gasteiger partial charge in [-0.15, -0.1) is 0 Å². The molecule has 0 aromatic heterocycles. The van der Waals surface area contributed by atoms with Crippen LogP contribution >= 0.6 is 11.6 Å². The van der Waals surface area contributed by atoms with Crippen molar-refractivity contribution in [2.24, 2.45) is 0 Å². The van der Waals surface area contributed by atoms with Crippen LogP contribution in [0.3, 0.4) is 0 Å². The third-order valence-corrected chi connectivity index (χ3v) is 3.55. The Morgan fingerprint density at radius 3 is 3.06 bits per heavy atom. The van der Waals surface area contributed by atoms with Gasteiger partial charge in [0.1, 0.15) is 0 Å². The summed E-state index contributed by atoms with van der Waals surface area (Å²) in [6.45, 7) is 3.77. The van der Waals surface area contributed by atoms with Gasteiger partial charge in [0, 0.05) is 23.2 Å². The molecule has 0 unspecified atom stereocenters. The van der Waals surface area contributed by atoms with Crippen LogP contribution in [0.4, 0.5) is 0 Å². The Labute approximate surface area is 107 Å². The largest absolute Gasteiger partial charge is 0.348 e. The lowest BCUT2D eigenvalue weighted by Gasteiger charge is -2.24. The van der Waals surface area contributed by atoms with Crippen LogP contribution in [-0.4, -0.2) is 25.0 Å². The molecular formula is C13H17ClN2O. The molecule has 1 fully saturated rings. The first-order chi connectivity index (χ1) is 8.18. The zero-order valence-electron chi connectivity index (χ0n) is 9.92. The van der Waals surface area contributed by atoms with Crippen molar-refractivity contribution >= 4 is 17.5 Å². The van der Waals surface area contributed by atoms with Crippen LogP contribution in [0.1, 0.15) is 28.8 Å². The minimum atomic E-state index is -0.0290. The van der Waals surface area contributed by atoms with Crippen molar-refractivity contribution in [1.29, 1.82) is 0 Å². The van der Waals surface area contributed by atoms with E-state index in [4.69, 9.17) is 11.6 Å². The SMILES string of the molecule is Cc1c(Cl)cccc1C(=O)N[C@@H]1CCCNC1. The second-order valence-electron chi connectivity index (χ2n) is 4.43. The molecule has 1 atom stereocenters. The van der Waals surface area contributed by atoms with Crippen LogP contribution in [0.2, 0.25) is 5.02 Å². The molecule has 17 heavy (non-hydrogen) atoms. The highest BCUT2D eigenvalue weighted by Crippen LogP contribution is 2.18. The lowest BCUT2D eigenvalue weighted by atomic mass is 10.0. The second-order valence-corrected chi connectivity index (χ2v) is 4.84. The Morgan fingerprint density at radius 1 is 1.53 bits per heavy atom. The van der Waals surface area contributed by atoms with E-state index in [0.717, 1.165) is 31.5 Å². The summed E-state index contributed by atoms with van der Waals surface area (Å²) in [5, 5.41) is 6.96. The van der Waals surface area contributed by atoms with Crippen molar-refractivity contribution in [1.82, 2.24) is 10.6 Å². The lowest BCUT2D eigenvalue weighted by molar-refractivity contribution is 0.0930. The Bertz CT molecular complexity index is 414. The molecule has 1 amide bonds. The van der Waals surface area contributed by atoms with Crippen molar-refractivity contribution < 1.29 is 4.79 Å². The summed E-state index contributed by atoms with van der Waals surface area (Å²) in [5.74, 6) is -0.0290. The maximum absolute atomic E-state index is 12.1. The first-order valence-corrected chi connectivity index (χ1v) is 6.33. The van der Waals surface area contributed by atoms with Crippen LogP contribution < -0.4 is 10.6 Å². The van der Waals surface area contributed by atoms with E-state index >= 15 is 0 Å². The Hall–Kier alpha value is -1.06. The molecule has 0 radical (unpaired) electrons. The fraction of sp³-hybridized carbons (Fsp3) is 0.462. The lowest BCUT2D eigenvalue weighted by Crippen LogP contribution is -2.45. The third kappa shape index (κ3) is 2.99. The Morgan fingerprint density at radius 2 is 2.35 bits per heavy atom. The van der Waals surface area contributed by atoms with Gasteiger partial charge in [-0.05, 0) is 44.0 Å². The summed E-state index contributed by atoms with van der Waals surface area (Å²) in [4.78, 5) is 12.1. The van der Waals surface area contributed by atoms with Gasteiger partial charge in [-0.25, -0.2) is 0 Å². The Balaban J connectivity index is 2.06. The zero-order chi connectivity index (χ0) is 12.3. The van der Waals surface area contributed by atoms with Crippen molar-refractivity contribution in [3.05, 3.63) is 34.3 Å². The Kier molecular flexibility index (Phi) is 4.02. The van der Waals surface area contributed by atoms with E-state index in [2.05, 4.69) is 10.6 Å². The highest BCUT2D eigenvalue weighted by Gasteiger charge is 2.17. The van der Waals surface area contributed by atoms with Crippen molar-refractivity contribution in [2.45, 2.75) is 25.8 Å². The maximum Gasteiger partial charge on any atom is 0.251 e. The van der Waals surface area contributed by atoms with Gasteiger partial charge in [-0.2, -0.15) is 0 Å². The van der Waals surface area contributed by atoms with Crippen LogP contribution in [0, 0.1) is 6.92 Å². The van der Waals surface area contributed by atoms with Crippen LogP contribution in [0.25, 0.3) is 0 Å². The molecule has 0 saturated carbocycles. The number of nitrogens with one attached hydrogen (secondary N) is 2. The van der Waals surface area contributed by atoms with E-state index in [1.54, 1.807) is 6.07 Å². The number of carbonyl (C=O) groups is 1. The fourth-order valence-corrected chi connectivity index (χ4v) is 2.27. The van der Waals surface area contributed by atoms with Crippen LogP contribution in [-0.2, 0) is 0 Å². The number of carbonyl (C=O) groups excluding carboxylic acids is 1. The summed E-state index contributed by atoms with van der Waals surface area (Å²) < 4.78 is 0.